The SMILES string of the molecule is COc1cc(/C=N\N=C2\S/C(=C\c3ccccc3C)C(=O)N2Cc2ccco2)ccc1O. The number of hydrogen-bond acceptors (Lipinski definition) is 7. The minimum Gasteiger partial charge on any atom is -0.504 e. The minimum absolute atomic E-state index is 0.0449. The lowest BCUT2D eigenvalue weighted by Crippen LogP contribution is -2.28. The Morgan fingerprint density at radius 2 is 2.03 bits per heavy atom. The molecule has 7 nitrogen and oxygen atoms in total. The molecule has 0 radical (unpaired) electrons. The molecule has 0 bridgehead atoms. The van der Waals surface area contributed by atoms with Crippen LogP contribution in [0.15, 0.2) is 80.4 Å². The highest BCUT2D eigenvalue weighted by Gasteiger charge is 2.34. The van der Waals surface area contributed by atoms with Crippen LogP contribution in [-0.4, -0.2) is 34.4 Å². The summed E-state index contributed by atoms with van der Waals surface area (Å²) in [7, 11) is 1.48. The maximum absolute atomic E-state index is 13.1. The van der Waals surface area contributed by atoms with Crippen molar-refractivity contribution in [2.24, 2.45) is 10.2 Å². The summed E-state index contributed by atoms with van der Waals surface area (Å²) in [5, 5.41) is 18.6. The lowest BCUT2D eigenvalue weighted by molar-refractivity contribution is -0.122. The van der Waals surface area contributed by atoms with Gasteiger partial charge in [0.05, 0.1) is 31.0 Å². The number of benzene rings is 2. The summed E-state index contributed by atoms with van der Waals surface area (Å²) in [5.74, 6) is 0.879. The highest BCUT2D eigenvalue weighted by atomic mass is 32.2. The molecule has 8 heteroatoms. The largest absolute Gasteiger partial charge is 0.504 e. The molecule has 1 aliphatic rings. The molecule has 3 aromatic rings. The van der Waals surface area contributed by atoms with Crippen LogP contribution in [0, 0.1) is 6.92 Å². The molecule has 32 heavy (non-hydrogen) atoms. The van der Waals surface area contributed by atoms with Crippen molar-refractivity contribution in [1.29, 1.82) is 0 Å². The van der Waals surface area contributed by atoms with Crippen LogP contribution in [0.25, 0.3) is 6.08 Å². The van der Waals surface area contributed by atoms with Gasteiger partial charge in [0.1, 0.15) is 5.76 Å². The van der Waals surface area contributed by atoms with Gasteiger partial charge in [0.25, 0.3) is 5.91 Å². The molecule has 1 saturated heterocycles. The van der Waals surface area contributed by atoms with Crippen molar-refractivity contribution >= 4 is 35.1 Å². The van der Waals surface area contributed by atoms with Crippen LogP contribution in [-0.2, 0) is 11.3 Å². The molecule has 4 rings (SSSR count). The summed E-state index contributed by atoms with van der Waals surface area (Å²) in [6.45, 7) is 2.26. The third kappa shape index (κ3) is 4.76. The summed E-state index contributed by atoms with van der Waals surface area (Å²) in [6.07, 6.45) is 4.98. The van der Waals surface area contributed by atoms with Crippen molar-refractivity contribution in [2.45, 2.75) is 13.5 Å². The number of furan rings is 1. The van der Waals surface area contributed by atoms with Gasteiger partial charge < -0.3 is 14.3 Å². The van der Waals surface area contributed by atoms with Gasteiger partial charge in [0.2, 0.25) is 0 Å². The van der Waals surface area contributed by atoms with Gasteiger partial charge in [0.15, 0.2) is 16.7 Å². The Kier molecular flexibility index (Phi) is 6.42. The van der Waals surface area contributed by atoms with E-state index in [0.717, 1.165) is 11.1 Å². The fourth-order valence-electron chi connectivity index (χ4n) is 3.09. The van der Waals surface area contributed by atoms with Gasteiger partial charge in [-0.05, 0) is 71.8 Å². The van der Waals surface area contributed by atoms with Gasteiger partial charge >= 0.3 is 0 Å². The zero-order valence-corrected chi connectivity index (χ0v) is 18.4. The third-order valence-corrected chi connectivity index (χ3v) is 5.81. The molecule has 1 fully saturated rings. The van der Waals surface area contributed by atoms with Crippen LogP contribution in [0.1, 0.15) is 22.5 Å². The average Bonchev–Trinajstić information content (AvgIpc) is 3.41. The molecule has 0 saturated carbocycles. The second-order valence-electron chi connectivity index (χ2n) is 7.00. The van der Waals surface area contributed by atoms with E-state index < -0.39 is 0 Å². The number of nitrogens with zero attached hydrogens (tertiary/aromatic N) is 3. The molecule has 0 atom stereocenters. The maximum atomic E-state index is 13.1. The Morgan fingerprint density at radius 1 is 1.19 bits per heavy atom. The summed E-state index contributed by atoms with van der Waals surface area (Å²) in [4.78, 5) is 15.2. The smallest absolute Gasteiger partial charge is 0.267 e. The zero-order chi connectivity index (χ0) is 22.5. The number of methoxy groups -OCH3 is 1. The molecule has 2 heterocycles. The second kappa shape index (κ2) is 9.57. The van der Waals surface area contributed by atoms with Crippen LogP contribution in [0.5, 0.6) is 11.5 Å². The lowest BCUT2D eigenvalue weighted by Gasteiger charge is -2.12. The summed E-state index contributed by atoms with van der Waals surface area (Å²) >= 11 is 1.26. The van der Waals surface area contributed by atoms with E-state index in [1.807, 2.05) is 43.3 Å². The molecule has 0 aliphatic carbocycles. The molecule has 162 valence electrons. The number of rotatable bonds is 6. The number of carbonyl (C=O) groups excluding carboxylic acids is 1. The Balaban J connectivity index is 1.63. The molecule has 0 spiro atoms. The van der Waals surface area contributed by atoms with Gasteiger partial charge in [-0.25, -0.2) is 0 Å². The normalized spacial score (nSPS) is 16.6. The first kappa shape index (κ1) is 21.5. The molecule has 1 N–H and O–H groups in total. The first-order valence-electron chi connectivity index (χ1n) is 9.82. The fourth-order valence-corrected chi connectivity index (χ4v) is 4.02. The molecular weight excluding hydrogens is 426 g/mol. The van der Waals surface area contributed by atoms with Crippen LogP contribution in [0.3, 0.4) is 0 Å². The number of aromatic hydroxyl groups is 1. The summed E-state index contributed by atoms with van der Waals surface area (Å²) < 4.78 is 10.5. The fraction of sp³-hybridized carbons (Fsp3) is 0.125. The number of thioether (sulfide) groups is 1. The number of amides is 1. The lowest BCUT2D eigenvalue weighted by atomic mass is 10.1. The molecule has 1 aromatic heterocycles. The second-order valence-corrected chi connectivity index (χ2v) is 8.01. The predicted molar refractivity (Wildman–Crippen MR) is 126 cm³/mol. The van der Waals surface area contributed by atoms with Gasteiger partial charge in [0, 0.05) is 0 Å². The van der Waals surface area contributed by atoms with E-state index in [2.05, 4.69) is 10.2 Å². The zero-order valence-electron chi connectivity index (χ0n) is 17.6. The molecule has 1 aliphatic heterocycles. The van der Waals surface area contributed by atoms with Crippen molar-refractivity contribution in [3.8, 4) is 11.5 Å². The predicted octanol–water partition coefficient (Wildman–Crippen LogP) is 4.81. The molecular formula is C24H21N3O4S. The van der Waals surface area contributed by atoms with Crippen molar-refractivity contribution in [3.63, 3.8) is 0 Å². The number of phenols is 1. The van der Waals surface area contributed by atoms with Gasteiger partial charge in [-0.2, -0.15) is 5.10 Å². The van der Waals surface area contributed by atoms with E-state index in [4.69, 9.17) is 9.15 Å². The van der Waals surface area contributed by atoms with Crippen LogP contribution in [0.4, 0.5) is 0 Å². The standard InChI is InChI=1S/C24H21N3O4S/c1-16-6-3-4-7-18(16)13-22-23(29)27(15-19-8-5-11-31-19)24(32-22)26-25-14-17-9-10-20(28)21(12-17)30-2/h3-14,28H,15H2,1-2H3/b22-13-,25-14-,26-24+. The Bertz CT molecular complexity index is 1220. The Morgan fingerprint density at radius 3 is 2.78 bits per heavy atom. The topological polar surface area (TPSA) is 87.6 Å². The van der Waals surface area contributed by atoms with E-state index in [0.29, 0.717) is 27.1 Å². The number of ether oxygens (including phenoxy) is 1. The molecule has 2 aromatic carbocycles. The average molecular weight is 448 g/mol. The van der Waals surface area contributed by atoms with Crippen molar-refractivity contribution in [1.82, 2.24) is 4.90 Å². The Labute approximate surface area is 189 Å². The van der Waals surface area contributed by atoms with Crippen LogP contribution >= 0.6 is 11.8 Å². The van der Waals surface area contributed by atoms with Crippen molar-refractivity contribution < 1.29 is 19.1 Å². The molecule has 0 unspecified atom stereocenters. The Hall–Kier alpha value is -3.78. The third-order valence-electron chi connectivity index (χ3n) is 4.81. The van der Waals surface area contributed by atoms with E-state index >= 15 is 0 Å². The number of aryl methyl sites for hydroxylation is 1. The van der Waals surface area contributed by atoms with E-state index in [9.17, 15) is 9.90 Å². The van der Waals surface area contributed by atoms with Gasteiger partial charge in [-0.1, -0.05) is 24.3 Å². The van der Waals surface area contributed by atoms with Crippen LogP contribution < -0.4 is 4.74 Å². The first-order chi connectivity index (χ1) is 15.5. The van der Waals surface area contributed by atoms with Crippen molar-refractivity contribution in [2.75, 3.05) is 7.11 Å². The highest BCUT2D eigenvalue weighted by molar-refractivity contribution is 8.18. The van der Waals surface area contributed by atoms with E-state index in [1.165, 1.54) is 31.2 Å². The van der Waals surface area contributed by atoms with Gasteiger partial charge in [-0.3, -0.25) is 9.69 Å². The minimum atomic E-state index is -0.157. The summed E-state index contributed by atoms with van der Waals surface area (Å²) in [5.41, 5.74) is 2.75. The van der Waals surface area contributed by atoms with Gasteiger partial charge in [-0.15, -0.1) is 5.10 Å². The number of phenolic OH excluding ortho intramolecular Hbond substituents is 1. The van der Waals surface area contributed by atoms with E-state index in [-0.39, 0.29) is 18.2 Å². The van der Waals surface area contributed by atoms with Crippen molar-refractivity contribution in [3.05, 3.63) is 88.2 Å². The first-order valence-corrected chi connectivity index (χ1v) is 10.6. The number of hydrogen-bond donors (Lipinski definition) is 1. The molecule has 1 amide bonds. The summed E-state index contributed by atoms with van der Waals surface area (Å²) in [6, 6.07) is 16.3. The van der Waals surface area contributed by atoms with Crippen LogP contribution in [0.2, 0.25) is 0 Å². The quantitative estimate of drug-likeness (QED) is 0.333. The highest BCUT2D eigenvalue weighted by Crippen LogP contribution is 2.34. The van der Waals surface area contributed by atoms with E-state index in [1.54, 1.807) is 29.4 Å². The monoisotopic (exact) mass is 447 g/mol. The number of carbonyl (C=O) groups is 1. The number of amidine groups is 1. The maximum Gasteiger partial charge on any atom is 0.267 e.